The van der Waals surface area contributed by atoms with Gasteiger partial charge in [0.2, 0.25) is 0 Å². The number of hydrogen-bond acceptors (Lipinski definition) is 12. The fourth-order valence-corrected chi connectivity index (χ4v) is 0. The second-order valence-electron chi connectivity index (χ2n) is 1.00. The number of carbonyl (C=O) groups excluding carboxylic acids is 4. The minimum Gasteiger partial charge on any atom is -0.652 e. The molecule has 16 heteroatoms. The first-order chi connectivity index (χ1) is 6.93. The summed E-state index contributed by atoms with van der Waals surface area (Å²) in [5.74, 6) is 0. The maximum absolute atomic E-state index is 8.33. The molecule has 0 rings (SSSR count). The molecule has 0 N–H and O–H groups in total. The van der Waals surface area contributed by atoms with Gasteiger partial charge in [-0.3, -0.25) is 0 Å². The van der Waals surface area contributed by atoms with E-state index in [1.165, 1.54) is 0 Å². The smallest absolute Gasteiger partial charge is 0.652 e. The van der Waals surface area contributed by atoms with Gasteiger partial charge in [0.05, 0.1) is 0 Å². The molecular formula is C4CuMnNiO12Zn. The van der Waals surface area contributed by atoms with Crippen molar-refractivity contribution in [3.8, 4) is 0 Å². The van der Waals surface area contributed by atoms with Crippen molar-refractivity contribution in [3.63, 3.8) is 0 Å². The molecule has 0 saturated carbocycles. The van der Waals surface area contributed by atoms with Crippen molar-refractivity contribution in [2.75, 3.05) is 0 Å². The van der Waals surface area contributed by atoms with Gasteiger partial charge >= 0.3 is 70.1 Å². The van der Waals surface area contributed by atoms with Gasteiger partial charge in [-0.1, -0.05) is 0 Å². The zero-order valence-corrected chi connectivity index (χ0v) is 14.7. The Balaban J connectivity index is -0.0000000150. The van der Waals surface area contributed by atoms with Crippen LogP contribution < -0.4 is 40.9 Å². The molecule has 0 aromatic carbocycles. The van der Waals surface area contributed by atoms with E-state index in [2.05, 4.69) is 0 Å². The largest absolute Gasteiger partial charge is 2.00 e. The van der Waals surface area contributed by atoms with Gasteiger partial charge in [0.15, 0.2) is 0 Å². The molecule has 0 bridgehead atoms. The van der Waals surface area contributed by atoms with E-state index in [-0.39, 0.29) is 70.1 Å². The monoisotopic (exact) mass is 480 g/mol. The SMILES string of the molecule is O=C([O-])[O-].O=C([O-])[O-].O=C([O-])[O-].O=C([O-])[O-].[Cu+2].[Mn+2].[Ni+2].[Zn+2]. The van der Waals surface area contributed by atoms with E-state index in [0.29, 0.717) is 0 Å². The molecule has 0 aromatic rings. The number of hydrogen-bond donors (Lipinski definition) is 0. The molecule has 118 valence electrons. The van der Waals surface area contributed by atoms with Crippen molar-refractivity contribution in [2.24, 2.45) is 0 Å². The van der Waals surface area contributed by atoms with E-state index < -0.39 is 24.6 Å². The van der Waals surface area contributed by atoms with Crippen LogP contribution in [-0.2, 0) is 70.1 Å². The summed E-state index contributed by atoms with van der Waals surface area (Å²) >= 11 is 0. The van der Waals surface area contributed by atoms with E-state index in [0.717, 1.165) is 0 Å². The molecule has 0 amide bonds. The van der Waals surface area contributed by atoms with Gasteiger partial charge in [-0.25, -0.2) is 0 Å². The molecule has 12 nitrogen and oxygen atoms in total. The molecule has 0 fully saturated rings. The molecule has 0 aliphatic carbocycles. The van der Waals surface area contributed by atoms with Crippen LogP contribution in [0, 0.1) is 0 Å². The van der Waals surface area contributed by atoms with Crippen LogP contribution in [0.5, 0.6) is 0 Å². The number of carbonyl (C=O) groups is 4. The van der Waals surface area contributed by atoms with Gasteiger partial charge in [-0.15, -0.1) is 0 Å². The maximum atomic E-state index is 8.33. The zero-order chi connectivity index (χ0) is 14.3. The second kappa shape index (κ2) is 42.9. The van der Waals surface area contributed by atoms with E-state index in [1.54, 1.807) is 0 Å². The third-order valence-corrected chi connectivity index (χ3v) is 0. The molecular weight excluding hydrogens is 483 g/mol. The van der Waals surface area contributed by atoms with Crippen LogP contribution in [0.3, 0.4) is 0 Å². The van der Waals surface area contributed by atoms with E-state index in [9.17, 15) is 0 Å². The number of rotatable bonds is 0. The Bertz CT molecular complexity index is 175. The molecule has 0 heterocycles. The van der Waals surface area contributed by atoms with Gasteiger partial charge in [-0.2, -0.15) is 0 Å². The molecule has 0 aliphatic rings. The fraction of sp³-hybridized carbons (Fsp3) is 0. The quantitative estimate of drug-likeness (QED) is 0.291. The van der Waals surface area contributed by atoms with Crippen molar-refractivity contribution in [2.45, 2.75) is 0 Å². The van der Waals surface area contributed by atoms with Crippen molar-refractivity contribution in [1.29, 1.82) is 0 Å². The van der Waals surface area contributed by atoms with E-state index in [1.807, 2.05) is 0 Å². The van der Waals surface area contributed by atoms with Crippen molar-refractivity contribution in [1.82, 2.24) is 0 Å². The minimum atomic E-state index is -2.33. The molecule has 20 heavy (non-hydrogen) atoms. The minimum absolute atomic E-state index is 0. The van der Waals surface area contributed by atoms with Crippen LogP contribution in [0.15, 0.2) is 0 Å². The van der Waals surface area contributed by atoms with Gasteiger partial charge in [-0.05, 0) is 24.6 Å². The predicted molar refractivity (Wildman–Crippen MR) is 21.6 cm³/mol. The molecule has 0 aliphatic heterocycles. The zero-order valence-electron chi connectivity index (χ0n) is 8.60. The first-order valence-corrected chi connectivity index (χ1v) is 2.45. The topological polar surface area (TPSA) is 253 Å². The van der Waals surface area contributed by atoms with E-state index >= 15 is 0 Å². The molecule has 0 spiro atoms. The van der Waals surface area contributed by atoms with Crippen LogP contribution in [0.1, 0.15) is 0 Å². The van der Waals surface area contributed by atoms with Crippen LogP contribution in [0.2, 0.25) is 0 Å². The Morgan fingerprint density at radius 1 is 0.500 bits per heavy atom. The Hall–Kier alpha value is -0.764. The normalized spacial score (nSPS) is 4.80. The summed E-state index contributed by atoms with van der Waals surface area (Å²) in [6.07, 6.45) is -9.33. The van der Waals surface area contributed by atoms with Gasteiger partial charge in [0, 0.05) is 0 Å². The first-order valence-electron chi connectivity index (χ1n) is 2.45. The van der Waals surface area contributed by atoms with Crippen LogP contribution >= 0.6 is 0 Å². The summed E-state index contributed by atoms with van der Waals surface area (Å²) in [4.78, 5) is 33.3. The molecule has 0 unspecified atom stereocenters. The Morgan fingerprint density at radius 2 is 0.500 bits per heavy atom. The average Bonchev–Trinajstić information content (AvgIpc) is 1.76. The van der Waals surface area contributed by atoms with Gasteiger partial charge in [0.1, 0.15) is 0 Å². The van der Waals surface area contributed by atoms with Crippen molar-refractivity contribution < 1.29 is 130 Å². The third-order valence-electron chi connectivity index (χ3n) is 0. The van der Waals surface area contributed by atoms with Gasteiger partial charge < -0.3 is 60.0 Å². The standard InChI is InChI=1S/4CH2O3.Cu.Mn.Ni.Zn/c4*2-1(3)4;;;;/h4*(H2,2,3,4);;;;/q;;;;4*+2/p-8. The van der Waals surface area contributed by atoms with Crippen molar-refractivity contribution >= 4 is 24.6 Å². The molecule has 0 saturated heterocycles. The van der Waals surface area contributed by atoms with Gasteiger partial charge in [0.25, 0.3) is 0 Å². The summed E-state index contributed by atoms with van der Waals surface area (Å²) < 4.78 is 0. The molecule has 0 atom stereocenters. The van der Waals surface area contributed by atoms with Crippen LogP contribution in [-0.4, -0.2) is 24.6 Å². The maximum Gasteiger partial charge on any atom is 2.00 e. The fourth-order valence-electron chi connectivity index (χ4n) is 0. The Morgan fingerprint density at radius 3 is 0.500 bits per heavy atom. The predicted octanol–water partition coefficient (Wildman–Crippen LogP) is -9.80. The number of carboxylic acid groups (broad SMARTS) is 8. The summed E-state index contributed by atoms with van der Waals surface area (Å²) in [6.45, 7) is 0. The Labute approximate surface area is 154 Å². The van der Waals surface area contributed by atoms with E-state index in [4.69, 9.17) is 60.0 Å². The summed E-state index contributed by atoms with van der Waals surface area (Å²) in [6, 6.07) is 0. The third kappa shape index (κ3) is 7780. The van der Waals surface area contributed by atoms with Crippen molar-refractivity contribution in [3.05, 3.63) is 0 Å². The first kappa shape index (κ1) is 50.7. The average molecular weight is 483 g/mol. The van der Waals surface area contributed by atoms with Crippen LogP contribution in [0.25, 0.3) is 0 Å². The second-order valence-corrected chi connectivity index (χ2v) is 1.00. The summed E-state index contributed by atoms with van der Waals surface area (Å²) in [7, 11) is 0. The molecule has 0 aromatic heterocycles. The summed E-state index contributed by atoms with van der Waals surface area (Å²) in [5, 5.41) is 66.7. The van der Waals surface area contributed by atoms with Crippen LogP contribution in [0.4, 0.5) is 19.2 Å². The summed E-state index contributed by atoms with van der Waals surface area (Å²) in [5.41, 5.74) is 0. The Kier molecular flexibility index (Phi) is 109. The molecule has 2 radical (unpaired) electrons.